The molecule has 0 saturated heterocycles. The van der Waals surface area contributed by atoms with Crippen LogP contribution in [0.25, 0.3) is 0 Å². The smallest absolute Gasteiger partial charge is 0.212 e. The predicted molar refractivity (Wildman–Crippen MR) is 54.5 cm³/mol. The monoisotopic (exact) mass is 225 g/mol. The Balaban J connectivity index is 2.44. The summed E-state index contributed by atoms with van der Waals surface area (Å²) in [5.74, 6) is 0.506. The Bertz CT molecular complexity index is 249. The summed E-state index contributed by atoms with van der Waals surface area (Å²) in [4.78, 5) is 0. The molecule has 0 radical (unpaired) electrons. The molecule has 1 aliphatic carbocycles. The van der Waals surface area contributed by atoms with Crippen LogP contribution in [-0.2, 0) is 10.0 Å². The van der Waals surface area contributed by atoms with Gasteiger partial charge in [-0.15, -0.1) is 11.6 Å². The van der Waals surface area contributed by atoms with Gasteiger partial charge in [-0.25, -0.2) is 13.1 Å². The first-order chi connectivity index (χ1) is 6.10. The molecule has 1 fully saturated rings. The van der Waals surface area contributed by atoms with Crippen molar-refractivity contribution >= 4 is 21.6 Å². The second-order valence-electron chi connectivity index (χ2n) is 3.45. The summed E-state index contributed by atoms with van der Waals surface area (Å²) in [7, 11) is -3.03. The Morgan fingerprint density at radius 2 is 2.15 bits per heavy atom. The molecule has 78 valence electrons. The first-order valence-corrected chi connectivity index (χ1v) is 6.75. The van der Waals surface area contributed by atoms with Crippen molar-refractivity contribution < 1.29 is 8.42 Å². The van der Waals surface area contributed by atoms with E-state index in [-0.39, 0.29) is 11.3 Å². The topological polar surface area (TPSA) is 46.2 Å². The van der Waals surface area contributed by atoms with E-state index in [9.17, 15) is 8.42 Å². The van der Waals surface area contributed by atoms with Crippen molar-refractivity contribution in [1.29, 1.82) is 0 Å². The maximum Gasteiger partial charge on any atom is 0.214 e. The maximum absolute atomic E-state index is 11.5. The Labute approximate surface area is 84.9 Å². The molecule has 1 saturated carbocycles. The molecule has 1 unspecified atom stereocenters. The van der Waals surface area contributed by atoms with Gasteiger partial charge in [-0.05, 0) is 25.7 Å². The van der Waals surface area contributed by atoms with E-state index < -0.39 is 10.0 Å². The van der Waals surface area contributed by atoms with Gasteiger partial charge in [-0.1, -0.05) is 6.92 Å². The molecule has 0 spiro atoms. The van der Waals surface area contributed by atoms with Gasteiger partial charge in [0.1, 0.15) is 0 Å². The number of hydrogen-bond acceptors (Lipinski definition) is 2. The van der Waals surface area contributed by atoms with Gasteiger partial charge in [0.15, 0.2) is 0 Å². The van der Waals surface area contributed by atoms with Crippen molar-refractivity contribution in [1.82, 2.24) is 4.72 Å². The third-order valence-electron chi connectivity index (χ3n) is 2.24. The fourth-order valence-electron chi connectivity index (χ4n) is 1.18. The van der Waals surface area contributed by atoms with E-state index in [4.69, 9.17) is 11.6 Å². The molecule has 1 N–H and O–H groups in total. The number of sulfonamides is 1. The average Bonchev–Trinajstić information content (AvgIpc) is 2.85. The SMILES string of the molecule is CCC(CCCl)NS(=O)(=O)C1CC1. The zero-order valence-corrected chi connectivity index (χ0v) is 9.37. The largest absolute Gasteiger partial charge is 0.214 e. The summed E-state index contributed by atoms with van der Waals surface area (Å²) in [6.07, 6.45) is 3.14. The lowest BCUT2D eigenvalue weighted by atomic mass is 10.2. The van der Waals surface area contributed by atoms with Crippen molar-refractivity contribution in [2.24, 2.45) is 0 Å². The van der Waals surface area contributed by atoms with Crippen molar-refractivity contribution in [2.75, 3.05) is 5.88 Å². The van der Waals surface area contributed by atoms with E-state index in [2.05, 4.69) is 4.72 Å². The van der Waals surface area contributed by atoms with E-state index in [0.717, 1.165) is 19.3 Å². The molecule has 0 aliphatic heterocycles. The van der Waals surface area contributed by atoms with E-state index >= 15 is 0 Å². The molecule has 3 nitrogen and oxygen atoms in total. The van der Waals surface area contributed by atoms with Gasteiger partial charge >= 0.3 is 0 Å². The van der Waals surface area contributed by atoms with Crippen LogP contribution in [0.5, 0.6) is 0 Å². The molecule has 1 aliphatic rings. The van der Waals surface area contributed by atoms with Crippen LogP contribution in [0.4, 0.5) is 0 Å². The lowest BCUT2D eigenvalue weighted by molar-refractivity contribution is 0.530. The third-order valence-corrected chi connectivity index (χ3v) is 4.47. The molecule has 13 heavy (non-hydrogen) atoms. The van der Waals surface area contributed by atoms with Crippen LogP contribution in [0.3, 0.4) is 0 Å². The van der Waals surface area contributed by atoms with Gasteiger partial charge in [0.25, 0.3) is 0 Å². The molecular formula is C8H16ClNO2S. The number of alkyl halides is 1. The van der Waals surface area contributed by atoms with Gasteiger partial charge in [-0.2, -0.15) is 0 Å². The summed E-state index contributed by atoms with van der Waals surface area (Å²) >= 11 is 5.56. The van der Waals surface area contributed by atoms with Gasteiger partial charge < -0.3 is 0 Å². The molecule has 0 aromatic rings. The van der Waals surface area contributed by atoms with Crippen molar-refractivity contribution in [3.63, 3.8) is 0 Å². The molecule has 0 aromatic carbocycles. The second kappa shape index (κ2) is 4.62. The fraction of sp³-hybridized carbons (Fsp3) is 1.00. The van der Waals surface area contributed by atoms with E-state index in [1.54, 1.807) is 0 Å². The van der Waals surface area contributed by atoms with Crippen molar-refractivity contribution in [3.05, 3.63) is 0 Å². The molecule has 0 aromatic heterocycles. The minimum atomic E-state index is -3.03. The molecule has 1 atom stereocenters. The summed E-state index contributed by atoms with van der Waals surface area (Å²) in [6, 6.07) is 0.0168. The summed E-state index contributed by atoms with van der Waals surface area (Å²) in [5.41, 5.74) is 0. The number of halogens is 1. The van der Waals surface area contributed by atoms with Crippen LogP contribution in [0, 0.1) is 0 Å². The number of nitrogens with one attached hydrogen (secondary N) is 1. The van der Waals surface area contributed by atoms with E-state index in [1.165, 1.54) is 0 Å². The van der Waals surface area contributed by atoms with Crippen LogP contribution < -0.4 is 4.72 Å². The zero-order chi connectivity index (χ0) is 9.90. The Hall–Kier alpha value is 0.200. The van der Waals surface area contributed by atoms with Crippen LogP contribution >= 0.6 is 11.6 Å². The highest BCUT2D eigenvalue weighted by Gasteiger charge is 2.36. The van der Waals surface area contributed by atoms with Gasteiger partial charge in [0, 0.05) is 11.9 Å². The highest BCUT2D eigenvalue weighted by atomic mass is 35.5. The Morgan fingerprint density at radius 1 is 1.54 bits per heavy atom. The highest BCUT2D eigenvalue weighted by molar-refractivity contribution is 7.90. The third kappa shape index (κ3) is 3.44. The maximum atomic E-state index is 11.5. The Morgan fingerprint density at radius 3 is 2.54 bits per heavy atom. The number of rotatable bonds is 6. The minimum Gasteiger partial charge on any atom is -0.212 e. The van der Waals surface area contributed by atoms with Crippen LogP contribution in [-0.4, -0.2) is 25.6 Å². The van der Waals surface area contributed by atoms with Crippen LogP contribution in [0.15, 0.2) is 0 Å². The molecular weight excluding hydrogens is 210 g/mol. The molecule has 0 amide bonds. The summed E-state index contributed by atoms with van der Waals surface area (Å²) in [6.45, 7) is 1.96. The standard InChI is InChI=1S/C8H16ClNO2S/c1-2-7(5-6-9)10-13(11,12)8-3-4-8/h7-8,10H,2-6H2,1H3. The molecule has 1 rings (SSSR count). The van der Waals surface area contributed by atoms with Gasteiger partial charge in [0.05, 0.1) is 5.25 Å². The first kappa shape index (κ1) is 11.3. The molecule has 0 bridgehead atoms. The quantitative estimate of drug-likeness (QED) is 0.696. The van der Waals surface area contributed by atoms with Crippen LogP contribution in [0.1, 0.15) is 32.6 Å². The minimum absolute atomic E-state index is 0.0168. The number of hydrogen-bond donors (Lipinski definition) is 1. The fourth-order valence-corrected chi connectivity index (χ4v) is 3.15. The lowest BCUT2D eigenvalue weighted by Crippen LogP contribution is -2.36. The summed E-state index contributed by atoms with van der Waals surface area (Å²) < 4.78 is 25.7. The molecule has 0 heterocycles. The Kier molecular flexibility index (Phi) is 4.01. The second-order valence-corrected chi connectivity index (χ2v) is 5.82. The predicted octanol–water partition coefficient (Wildman–Crippen LogP) is 1.48. The van der Waals surface area contributed by atoms with Gasteiger partial charge in [-0.3, -0.25) is 0 Å². The van der Waals surface area contributed by atoms with E-state index in [1.807, 2.05) is 6.92 Å². The van der Waals surface area contributed by atoms with Crippen molar-refractivity contribution in [2.45, 2.75) is 43.9 Å². The summed E-state index contributed by atoms with van der Waals surface area (Å²) in [5, 5.41) is -0.128. The molecule has 5 heteroatoms. The van der Waals surface area contributed by atoms with Crippen LogP contribution in [0.2, 0.25) is 0 Å². The first-order valence-electron chi connectivity index (χ1n) is 4.67. The van der Waals surface area contributed by atoms with E-state index in [0.29, 0.717) is 12.3 Å². The van der Waals surface area contributed by atoms with Crippen molar-refractivity contribution in [3.8, 4) is 0 Å². The average molecular weight is 226 g/mol. The highest BCUT2D eigenvalue weighted by Crippen LogP contribution is 2.27. The lowest BCUT2D eigenvalue weighted by Gasteiger charge is -2.15. The zero-order valence-electron chi connectivity index (χ0n) is 7.79. The normalized spacial score (nSPS) is 20.2. The van der Waals surface area contributed by atoms with Gasteiger partial charge in [0.2, 0.25) is 10.0 Å².